The Morgan fingerprint density at radius 2 is 2.25 bits per heavy atom. The van der Waals surface area contributed by atoms with Crippen molar-refractivity contribution in [1.29, 1.82) is 0 Å². The molecule has 0 bridgehead atoms. The summed E-state index contributed by atoms with van der Waals surface area (Å²) >= 11 is 0. The van der Waals surface area contributed by atoms with Crippen LogP contribution in [0.3, 0.4) is 0 Å². The van der Waals surface area contributed by atoms with Crippen LogP contribution in [-0.2, 0) is 9.63 Å². The van der Waals surface area contributed by atoms with Gasteiger partial charge in [-0.05, 0) is 13.8 Å². The van der Waals surface area contributed by atoms with Crippen LogP contribution in [0, 0.1) is 5.92 Å². The van der Waals surface area contributed by atoms with Gasteiger partial charge >= 0.3 is 0 Å². The van der Waals surface area contributed by atoms with E-state index in [1.165, 1.54) is 0 Å². The quantitative estimate of drug-likeness (QED) is 0.626. The molecule has 1 aliphatic heterocycles. The van der Waals surface area contributed by atoms with Gasteiger partial charge in [0.1, 0.15) is 5.78 Å². The van der Waals surface area contributed by atoms with E-state index in [2.05, 4.69) is 0 Å². The van der Waals surface area contributed by atoms with E-state index < -0.39 is 0 Å². The van der Waals surface area contributed by atoms with E-state index in [0.29, 0.717) is 18.8 Å². The van der Waals surface area contributed by atoms with Crippen molar-refractivity contribution in [2.75, 3.05) is 13.2 Å². The zero-order valence-corrected chi connectivity index (χ0v) is 8.04. The number of Topliss-reactive ketones (excluding diaryl/α,β-unsaturated/α-hetero) is 1. The minimum atomic E-state index is 0.116. The van der Waals surface area contributed by atoms with Gasteiger partial charge in [0.2, 0.25) is 0 Å². The molecular weight excluding hydrogens is 154 g/mol. The Kier molecular flexibility index (Phi) is 3.23. The lowest BCUT2D eigenvalue weighted by atomic mass is 9.92. The number of nitrogens with zero attached hydrogens (tertiary/aromatic N) is 1. The van der Waals surface area contributed by atoms with E-state index >= 15 is 0 Å². The summed E-state index contributed by atoms with van der Waals surface area (Å²) in [4.78, 5) is 16.7. The summed E-state index contributed by atoms with van der Waals surface area (Å²) in [6.45, 7) is 7.41. The molecule has 12 heavy (non-hydrogen) atoms. The SMILES string of the molecule is CCON1CCC(=O)C(C)C1C. The Bertz CT molecular complexity index is 170. The number of hydroxylamine groups is 2. The molecule has 3 heteroatoms. The van der Waals surface area contributed by atoms with E-state index in [-0.39, 0.29) is 12.0 Å². The fourth-order valence-electron chi connectivity index (χ4n) is 1.52. The minimum Gasteiger partial charge on any atom is -0.299 e. The molecular formula is C9H17NO2. The number of carbonyl (C=O) groups excluding carboxylic acids is 1. The lowest BCUT2D eigenvalue weighted by Gasteiger charge is -2.35. The maximum Gasteiger partial charge on any atom is 0.138 e. The van der Waals surface area contributed by atoms with Crippen LogP contribution >= 0.6 is 0 Å². The predicted molar refractivity (Wildman–Crippen MR) is 46.6 cm³/mol. The zero-order valence-electron chi connectivity index (χ0n) is 8.04. The van der Waals surface area contributed by atoms with Gasteiger partial charge in [0.05, 0.1) is 6.61 Å². The van der Waals surface area contributed by atoms with Crippen LogP contribution in [0.2, 0.25) is 0 Å². The molecule has 1 saturated heterocycles. The van der Waals surface area contributed by atoms with Gasteiger partial charge in [0.15, 0.2) is 0 Å². The molecule has 3 nitrogen and oxygen atoms in total. The maximum absolute atomic E-state index is 11.3. The number of ketones is 1. The third kappa shape index (κ3) is 1.84. The molecule has 1 fully saturated rings. The Labute approximate surface area is 73.6 Å². The van der Waals surface area contributed by atoms with Crippen molar-refractivity contribution in [3.63, 3.8) is 0 Å². The third-order valence-corrected chi connectivity index (χ3v) is 2.56. The highest BCUT2D eigenvalue weighted by molar-refractivity contribution is 5.82. The molecule has 0 aromatic rings. The molecule has 0 amide bonds. The summed E-state index contributed by atoms with van der Waals surface area (Å²) in [6.07, 6.45) is 0.630. The average molecular weight is 171 g/mol. The van der Waals surface area contributed by atoms with Crippen molar-refractivity contribution in [3.05, 3.63) is 0 Å². The van der Waals surface area contributed by atoms with Crippen molar-refractivity contribution in [2.45, 2.75) is 33.2 Å². The van der Waals surface area contributed by atoms with Gasteiger partial charge in [-0.1, -0.05) is 6.92 Å². The summed E-state index contributed by atoms with van der Waals surface area (Å²) in [5.41, 5.74) is 0. The van der Waals surface area contributed by atoms with Crippen LogP contribution < -0.4 is 0 Å². The molecule has 0 saturated carbocycles. The fraction of sp³-hybridized carbons (Fsp3) is 0.889. The van der Waals surface area contributed by atoms with Gasteiger partial charge in [0.25, 0.3) is 0 Å². The van der Waals surface area contributed by atoms with Gasteiger partial charge in [-0.15, -0.1) is 0 Å². The molecule has 0 radical (unpaired) electrons. The van der Waals surface area contributed by atoms with E-state index in [4.69, 9.17) is 4.84 Å². The second kappa shape index (κ2) is 4.01. The first-order chi connectivity index (χ1) is 5.66. The van der Waals surface area contributed by atoms with Gasteiger partial charge in [-0.2, -0.15) is 5.06 Å². The first-order valence-corrected chi connectivity index (χ1v) is 4.59. The van der Waals surface area contributed by atoms with Crippen LogP contribution in [0.1, 0.15) is 27.2 Å². The minimum absolute atomic E-state index is 0.116. The molecule has 0 aromatic heterocycles. The van der Waals surface area contributed by atoms with E-state index in [1.54, 1.807) is 0 Å². The van der Waals surface area contributed by atoms with Crippen molar-refractivity contribution < 1.29 is 9.63 Å². The van der Waals surface area contributed by atoms with Crippen LogP contribution in [0.15, 0.2) is 0 Å². The Morgan fingerprint density at radius 1 is 1.58 bits per heavy atom. The van der Waals surface area contributed by atoms with Crippen molar-refractivity contribution in [3.8, 4) is 0 Å². The molecule has 1 aliphatic rings. The topological polar surface area (TPSA) is 29.5 Å². The largest absolute Gasteiger partial charge is 0.299 e. The fourth-order valence-corrected chi connectivity index (χ4v) is 1.52. The lowest BCUT2D eigenvalue weighted by Crippen LogP contribution is -2.46. The van der Waals surface area contributed by atoms with Crippen molar-refractivity contribution >= 4 is 5.78 Å². The Balaban J connectivity index is 2.52. The maximum atomic E-state index is 11.3. The number of rotatable bonds is 2. The highest BCUT2D eigenvalue weighted by Crippen LogP contribution is 2.19. The molecule has 0 spiro atoms. The lowest BCUT2D eigenvalue weighted by molar-refractivity contribution is -0.200. The number of hydrogen-bond donors (Lipinski definition) is 0. The molecule has 0 N–H and O–H groups in total. The van der Waals surface area contributed by atoms with Gasteiger partial charge in [-0.25, -0.2) is 0 Å². The second-order valence-electron chi connectivity index (χ2n) is 3.30. The highest BCUT2D eigenvalue weighted by atomic mass is 16.7. The normalized spacial score (nSPS) is 32.4. The number of hydrogen-bond acceptors (Lipinski definition) is 3. The molecule has 0 aromatic carbocycles. The van der Waals surface area contributed by atoms with Gasteiger partial charge in [-0.3, -0.25) is 9.63 Å². The first-order valence-electron chi connectivity index (χ1n) is 4.59. The molecule has 2 atom stereocenters. The third-order valence-electron chi connectivity index (χ3n) is 2.56. The zero-order chi connectivity index (χ0) is 9.14. The average Bonchev–Trinajstić information content (AvgIpc) is 2.07. The van der Waals surface area contributed by atoms with E-state index in [0.717, 1.165) is 6.54 Å². The van der Waals surface area contributed by atoms with Crippen LogP contribution in [-0.4, -0.2) is 30.0 Å². The van der Waals surface area contributed by atoms with Gasteiger partial charge < -0.3 is 0 Å². The summed E-state index contributed by atoms with van der Waals surface area (Å²) in [6, 6.07) is 0.228. The summed E-state index contributed by atoms with van der Waals surface area (Å²) in [5, 5.41) is 1.92. The Hall–Kier alpha value is -0.410. The first kappa shape index (κ1) is 9.68. The summed E-state index contributed by atoms with van der Waals surface area (Å²) in [7, 11) is 0. The van der Waals surface area contributed by atoms with E-state index in [9.17, 15) is 4.79 Å². The van der Waals surface area contributed by atoms with Crippen LogP contribution in [0.4, 0.5) is 0 Å². The number of piperidine rings is 1. The standard InChI is InChI=1S/C9H17NO2/c1-4-12-10-6-5-9(11)7(2)8(10)3/h7-8H,4-6H2,1-3H3. The predicted octanol–water partition coefficient (Wildman–Crippen LogP) is 1.24. The smallest absolute Gasteiger partial charge is 0.138 e. The van der Waals surface area contributed by atoms with E-state index in [1.807, 2.05) is 25.8 Å². The summed E-state index contributed by atoms with van der Waals surface area (Å²) in [5.74, 6) is 0.476. The van der Waals surface area contributed by atoms with Crippen LogP contribution in [0.5, 0.6) is 0 Å². The Morgan fingerprint density at radius 3 is 2.83 bits per heavy atom. The van der Waals surface area contributed by atoms with Crippen LogP contribution in [0.25, 0.3) is 0 Å². The highest BCUT2D eigenvalue weighted by Gasteiger charge is 2.31. The summed E-state index contributed by atoms with van der Waals surface area (Å²) < 4.78 is 0. The molecule has 70 valence electrons. The molecule has 1 rings (SSSR count). The monoisotopic (exact) mass is 171 g/mol. The molecule has 2 unspecified atom stereocenters. The van der Waals surface area contributed by atoms with Gasteiger partial charge in [0, 0.05) is 24.9 Å². The van der Waals surface area contributed by atoms with Crippen molar-refractivity contribution in [2.24, 2.45) is 5.92 Å². The molecule has 0 aliphatic carbocycles. The molecule has 1 heterocycles. The second-order valence-corrected chi connectivity index (χ2v) is 3.30. The number of carbonyl (C=O) groups is 1. The van der Waals surface area contributed by atoms with Crippen molar-refractivity contribution in [1.82, 2.24) is 5.06 Å².